The third kappa shape index (κ3) is 3.76. The standard InChI is InChI=1S/C15H23N3O2/c1-3-13(20-12-8-5-4-6-9-12)14(19)18(2)15-16-10-7-11-17-15/h7,10-13H,3-6,8-9H2,1-2H3. The van der Waals surface area contributed by atoms with E-state index in [0.29, 0.717) is 12.4 Å². The number of likely N-dealkylation sites (N-methyl/N-ethyl adjacent to an activating group) is 1. The van der Waals surface area contributed by atoms with Crippen LogP contribution in [0.1, 0.15) is 45.4 Å². The van der Waals surface area contributed by atoms with Gasteiger partial charge in [0.15, 0.2) is 0 Å². The first-order valence-electron chi connectivity index (χ1n) is 7.42. The lowest BCUT2D eigenvalue weighted by Gasteiger charge is -2.28. The van der Waals surface area contributed by atoms with Crippen LogP contribution >= 0.6 is 0 Å². The van der Waals surface area contributed by atoms with Gasteiger partial charge >= 0.3 is 0 Å². The molecule has 0 aliphatic heterocycles. The number of carbonyl (C=O) groups is 1. The van der Waals surface area contributed by atoms with Crippen molar-refractivity contribution in [1.82, 2.24) is 9.97 Å². The number of anilines is 1. The van der Waals surface area contributed by atoms with Crippen LogP contribution in [0.5, 0.6) is 0 Å². The number of aromatic nitrogens is 2. The van der Waals surface area contributed by atoms with Crippen molar-refractivity contribution in [2.24, 2.45) is 0 Å². The van der Waals surface area contributed by atoms with Crippen LogP contribution in [0.3, 0.4) is 0 Å². The van der Waals surface area contributed by atoms with Crippen molar-refractivity contribution < 1.29 is 9.53 Å². The van der Waals surface area contributed by atoms with Crippen molar-refractivity contribution >= 4 is 11.9 Å². The number of amides is 1. The predicted molar refractivity (Wildman–Crippen MR) is 77.5 cm³/mol. The van der Waals surface area contributed by atoms with E-state index in [9.17, 15) is 4.79 Å². The van der Waals surface area contributed by atoms with Crippen molar-refractivity contribution in [2.75, 3.05) is 11.9 Å². The van der Waals surface area contributed by atoms with E-state index in [4.69, 9.17) is 4.74 Å². The van der Waals surface area contributed by atoms with Crippen LogP contribution in [0.2, 0.25) is 0 Å². The van der Waals surface area contributed by atoms with E-state index in [2.05, 4.69) is 9.97 Å². The van der Waals surface area contributed by atoms with Gasteiger partial charge in [0, 0.05) is 19.4 Å². The van der Waals surface area contributed by atoms with Crippen LogP contribution in [0.15, 0.2) is 18.5 Å². The van der Waals surface area contributed by atoms with Gasteiger partial charge in [0.05, 0.1) is 6.10 Å². The van der Waals surface area contributed by atoms with E-state index in [1.165, 1.54) is 24.2 Å². The lowest BCUT2D eigenvalue weighted by molar-refractivity contribution is -0.135. The molecule has 0 radical (unpaired) electrons. The van der Waals surface area contributed by atoms with Gasteiger partial charge in [-0.3, -0.25) is 9.69 Å². The number of ether oxygens (including phenoxy) is 1. The maximum Gasteiger partial charge on any atom is 0.258 e. The zero-order chi connectivity index (χ0) is 14.4. The molecule has 0 spiro atoms. The summed E-state index contributed by atoms with van der Waals surface area (Å²) < 4.78 is 6.00. The lowest BCUT2D eigenvalue weighted by Crippen LogP contribution is -2.40. The molecule has 0 N–H and O–H groups in total. The topological polar surface area (TPSA) is 55.3 Å². The number of carbonyl (C=O) groups excluding carboxylic acids is 1. The number of nitrogens with zero attached hydrogens (tertiary/aromatic N) is 3. The molecule has 1 amide bonds. The normalized spacial score (nSPS) is 17.7. The summed E-state index contributed by atoms with van der Waals surface area (Å²) in [5.41, 5.74) is 0. The first-order chi connectivity index (χ1) is 9.72. The third-order valence-electron chi connectivity index (χ3n) is 3.74. The van der Waals surface area contributed by atoms with E-state index < -0.39 is 6.10 Å². The summed E-state index contributed by atoms with van der Waals surface area (Å²) in [4.78, 5) is 22.2. The molecule has 1 unspecified atom stereocenters. The molecule has 1 fully saturated rings. The predicted octanol–water partition coefficient (Wildman–Crippen LogP) is 2.57. The Bertz CT molecular complexity index is 418. The number of hydrogen-bond acceptors (Lipinski definition) is 4. The van der Waals surface area contributed by atoms with E-state index in [0.717, 1.165) is 12.8 Å². The Morgan fingerprint density at radius 2 is 2.00 bits per heavy atom. The second-order valence-electron chi connectivity index (χ2n) is 5.24. The average molecular weight is 277 g/mol. The summed E-state index contributed by atoms with van der Waals surface area (Å²) in [5.74, 6) is 0.354. The summed E-state index contributed by atoms with van der Waals surface area (Å²) in [6, 6.07) is 1.73. The van der Waals surface area contributed by atoms with Crippen molar-refractivity contribution in [1.29, 1.82) is 0 Å². The van der Waals surface area contributed by atoms with Gasteiger partial charge in [0.1, 0.15) is 6.10 Å². The second-order valence-corrected chi connectivity index (χ2v) is 5.24. The molecule has 1 heterocycles. The molecule has 1 aromatic heterocycles. The molecule has 2 rings (SSSR count). The summed E-state index contributed by atoms with van der Waals surface area (Å²) in [7, 11) is 1.70. The first-order valence-corrected chi connectivity index (χ1v) is 7.42. The van der Waals surface area contributed by atoms with E-state index in [1.54, 1.807) is 25.5 Å². The van der Waals surface area contributed by atoms with Gasteiger partial charge in [-0.1, -0.05) is 26.2 Å². The Hall–Kier alpha value is -1.49. The molecule has 20 heavy (non-hydrogen) atoms. The molecular formula is C15H23N3O2. The first kappa shape index (κ1) is 14.9. The monoisotopic (exact) mass is 277 g/mol. The maximum absolute atomic E-state index is 12.5. The smallest absolute Gasteiger partial charge is 0.258 e. The zero-order valence-corrected chi connectivity index (χ0v) is 12.3. The molecule has 1 atom stereocenters. The second kappa shape index (κ2) is 7.33. The highest BCUT2D eigenvalue weighted by Gasteiger charge is 2.27. The Labute approximate surface area is 120 Å². The molecule has 0 saturated heterocycles. The van der Waals surface area contributed by atoms with Crippen molar-refractivity contribution in [2.45, 2.75) is 57.7 Å². The van der Waals surface area contributed by atoms with Gasteiger partial charge in [0.2, 0.25) is 5.95 Å². The van der Waals surface area contributed by atoms with Crippen molar-refractivity contribution in [3.63, 3.8) is 0 Å². The average Bonchev–Trinajstić information content (AvgIpc) is 2.53. The van der Waals surface area contributed by atoms with Crippen LogP contribution in [0.25, 0.3) is 0 Å². The Morgan fingerprint density at radius 1 is 1.35 bits per heavy atom. The Morgan fingerprint density at radius 3 is 2.60 bits per heavy atom. The van der Waals surface area contributed by atoms with Gasteiger partial charge in [-0.15, -0.1) is 0 Å². The van der Waals surface area contributed by atoms with Crippen LogP contribution in [0.4, 0.5) is 5.95 Å². The molecule has 5 nitrogen and oxygen atoms in total. The fourth-order valence-corrected chi connectivity index (χ4v) is 2.54. The quantitative estimate of drug-likeness (QED) is 0.830. The van der Waals surface area contributed by atoms with Gasteiger partial charge in [0.25, 0.3) is 5.91 Å². The lowest BCUT2D eigenvalue weighted by atomic mass is 9.97. The number of rotatable bonds is 5. The largest absolute Gasteiger partial charge is 0.365 e. The molecule has 0 aromatic carbocycles. The van der Waals surface area contributed by atoms with E-state index in [1.807, 2.05) is 6.92 Å². The maximum atomic E-state index is 12.5. The molecule has 1 aliphatic rings. The van der Waals surface area contributed by atoms with Gasteiger partial charge in [-0.05, 0) is 25.3 Å². The molecule has 1 aromatic rings. The van der Waals surface area contributed by atoms with Crippen LogP contribution in [-0.2, 0) is 9.53 Å². The Kier molecular flexibility index (Phi) is 5.47. The van der Waals surface area contributed by atoms with Gasteiger partial charge in [-0.2, -0.15) is 0 Å². The van der Waals surface area contributed by atoms with E-state index in [-0.39, 0.29) is 12.0 Å². The molecule has 0 bridgehead atoms. The molecule has 1 saturated carbocycles. The summed E-state index contributed by atoms with van der Waals surface area (Å²) in [5, 5.41) is 0. The summed E-state index contributed by atoms with van der Waals surface area (Å²) >= 11 is 0. The molecule has 5 heteroatoms. The van der Waals surface area contributed by atoms with Crippen molar-refractivity contribution in [3.05, 3.63) is 18.5 Å². The highest BCUT2D eigenvalue weighted by molar-refractivity contribution is 5.94. The molecule has 1 aliphatic carbocycles. The molecular weight excluding hydrogens is 254 g/mol. The fourth-order valence-electron chi connectivity index (χ4n) is 2.54. The summed E-state index contributed by atoms with van der Waals surface area (Å²) in [6.45, 7) is 1.98. The molecule has 110 valence electrons. The van der Waals surface area contributed by atoms with Crippen LogP contribution < -0.4 is 4.90 Å². The van der Waals surface area contributed by atoms with Crippen LogP contribution in [-0.4, -0.2) is 35.1 Å². The number of hydrogen-bond donors (Lipinski definition) is 0. The minimum Gasteiger partial charge on any atom is -0.365 e. The SMILES string of the molecule is CCC(OC1CCCCC1)C(=O)N(C)c1ncccn1. The van der Waals surface area contributed by atoms with E-state index >= 15 is 0 Å². The third-order valence-corrected chi connectivity index (χ3v) is 3.74. The minimum atomic E-state index is -0.396. The Balaban J connectivity index is 1.97. The highest BCUT2D eigenvalue weighted by atomic mass is 16.5. The zero-order valence-electron chi connectivity index (χ0n) is 12.3. The van der Waals surface area contributed by atoms with Crippen LogP contribution in [0, 0.1) is 0 Å². The van der Waals surface area contributed by atoms with Gasteiger partial charge in [-0.25, -0.2) is 9.97 Å². The highest BCUT2D eigenvalue weighted by Crippen LogP contribution is 2.23. The summed E-state index contributed by atoms with van der Waals surface area (Å²) in [6.07, 6.45) is 9.58. The minimum absolute atomic E-state index is 0.0655. The fraction of sp³-hybridized carbons (Fsp3) is 0.667. The van der Waals surface area contributed by atoms with Gasteiger partial charge < -0.3 is 4.74 Å². The van der Waals surface area contributed by atoms with Crippen molar-refractivity contribution in [3.8, 4) is 0 Å².